The van der Waals surface area contributed by atoms with Crippen LogP contribution in [-0.2, 0) is 32.1 Å². The predicted molar refractivity (Wildman–Crippen MR) is 141 cm³/mol. The maximum absolute atomic E-state index is 15.2. The van der Waals surface area contributed by atoms with Crippen LogP contribution in [-0.4, -0.2) is 6.36 Å². The molecule has 0 aliphatic carbocycles. The number of rotatable bonds is 10. The van der Waals surface area contributed by atoms with E-state index in [4.69, 9.17) is 0 Å². The number of ether oxygens (including phenoxy) is 1. The van der Waals surface area contributed by atoms with E-state index in [2.05, 4.69) is 10.8 Å². The summed E-state index contributed by atoms with van der Waals surface area (Å²) < 4.78 is 70.6. The van der Waals surface area contributed by atoms with Gasteiger partial charge in [0.05, 0.1) is 0 Å². The molecule has 198 valence electrons. The van der Waals surface area contributed by atoms with Gasteiger partial charge in [0.15, 0.2) is 0 Å². The molecule has 0 aromatic heterocycles. The van der Waals surface area contributed by atoms with Crippen molar-refractivity contribution in [3.63, 3.8) is 0 Å². The summed E-state index contributed by atoms with van der Waals surface area (Å²) in [5, 5.41) is 1.29. The van der Waals surface area contributed by atoms with Crippen LogP contribution in [0.3, 0.4) is 0 Å². The molecule has 0 bridgehead atoms. The average Bonchev–Trinajstić information content (AvgIpc) is 2.88. The molecule has 0 radical (unpaired) electrons. The van der Waals surface area contributed by atoms with Crippen LogP contribution in [0.1, 0.15) is 41.2 Å². The van der Waals surface area contributed by atoms with Crippen LogP contribution in [0.25, 0.3) is 10.8 Å². The van der Waals surface area contributed by atoms with Crippen LogP contribution in [0.2, 0.25) is 0 Å². The van der Waals surface area contributed by atoms with Gasteiger partial charge in [-0.1, -0.05) is 66.7 Å². The molecular formula is C32H29F5O. The molecule has 0 heterocycles. The first-order chi connectivity index (χ1) is 18.2. The Morgan fingerprint density at radius 1 is 0.684 bits per heavy atom. The maximum atomic E-state index is 15.2. The zero-order valence-corrected chi connectivity index (χ0v) is 21.1. The summed E-state index contributed by atoms with van der Waals surface area (Å²) >= 11 is 0. The number of hydrogen-bond donors (Lipinski definition) is 0. The summed E-state index contributed by atoms with van der Waals surface area (Å²) in [5.41, 5.74) is 3.97. The van der Waals surface area contributed by atoms with Gasteiger partial charge in [0.2, 0.25) is 0 Å². The molecular weight excluding hydrogens is 495 g/mol. The fraction of sp³-hybridized carbons (Fsp3) is 0.250. The zero-order valence-electron chi connectivity index (χ0n) is 21.1. The molecule has 0 aliphatic heterocycles. The normalized spacial score (nSPS) is 11.9. The standard InChI is InChI=1S/C32H29F5O/c1-2-3-4-5-23-7-12-25(30(33)21-23)13-8-24-11-19-29-27(20-24)16-15-26(31(29)34)14-6-22-9-17-28(18-10-22)38-32(35,36)37/h2-3,7,9-12,15-21H,4-6,8,13-14H2,1H3/b3-2+. The maximum Gasteiger partial charge on any atom is 0.573 e. The van der Waals surface area contributed by atoms with Crippen LogP contribution < -0.4 is 4.74 Å². The van der Waals surface area contributed by atoms with Crippen molar-refractivity contribution in [3.05, 3.63) is 124 Å². The van der Waals surface area contributed by atoms with E-state index in [1.807, 2.05) is 43.3 Å². The van der Waals surface area contributed by atoms with Crippen LogP contribution in [0.15, 0.2) is 84.9 Å². The summed E-state index contributed by atoms with van der Waals surface area (Å²) in [5.74, 6) is -0.777. The summed E-state index contributed by atoms with van der Waals surface area (Å²) in [6.07, 6.45) is 3.10. The van der Waals surface area contributed by atoms with Crippen LogP contribution >= 0.6 is 0 Å². The number of halogens is 5. The molecule has 0 saturated heterocycles. The zero-order chi connectivity index (χ0) is 27.1. The number of alkyl halides is 3. The molecule has 0 amide bonds. The third-order valence-corrected chi connectivity index (χ3v) is 6.57. The molecule has 6 heteroatoms. The van der Waals surface area contributed by atoms with Crippen molar-refractivity contribution >= 4 is 10.8 Å². The molecule has 4 rings (SSSR count). The highest BCUT2D eigenvalue weighted by molar-refractivity contribution is 5.84. The van der Waals surface area contributed by atoms with E-state index in [1.54, 1.807) is 30.3 Å². The molecule has 4 aromatic carbocycles. The molecule has 38 heavy (non-hydrogen) atoms. The van der Waals surface area contributed by atoms with Gasteiger partial charge < -0.3 is 4.74 Å². The van der Waals surface area contributed by atoms with E-state index in [9.17, 15) is 17.6 Å². The summed E-state index contributed by atoms with van der Waals surface area (Å²) in [6.45, 7) is 1.97. The Hall–Kier alpha value is -3.67. The van der Waals surface area contributed by atoms with E-state index in [1.165, 1.54) is 12.1 Å². The van der Waals surface area contributed by atoms with Gasteiger partial charge >= 0.3 is 6.36 Å². The van der Waals surface area contributed by atoms with Gasteiger partial charge in [-0.3, -0.25) is 0 Å². The lowest BCUT2D eigenvalue weighted by molar-refractivity contribution is -0.274. The minimum Gasteiger partial charge on any atom is -0.406 e. The van der Waals surface area contributed by atoms with Crippen molar-refractivity contribution in [1.82, 2.24) is 0 Å². The van der Waals surface area contributed by atoms with E-state index < -0.39 is 6.36 Å². The molecule has 0 spiro atoms. The van der Waals surface area contributed by atoms with Gasteiger partial charge in [0, 0.05) is 5.39 Å². The van der Waals surface area contributed by atoms with Gasteiger partial charge in [-0.2, -0.15) is 0 Å². The first-order valence-electron chi connectivity index (χ1n) is 12.6. The van der Waals surface area contributed by atoms with Crippen molar-refractivity contribution in [1.29, 1.82) is 0 Å². The number of allylic oxidation sites excluding steroid dienone is 2. The van der Waals surface area contributed by atoms with Crippen LogP contribution in [0, 0.1) is 11.6 Å². The van der Waals surface area contributed by atoms with Crippen molar-refractivity contribution in [2.75, 3.05) is 0 Å². The summed E-state index contributed by atoms with van der Waals surface area (Å²) in [4.78, 5) is 0. The second kappa shape index (κ2) is 12.2. The Labute approximate surface area is 219 Å². The van der Waals surface area contributed by atoms with E-state index in [-0.39, 0.29) is 17.4 Å². The highest BCUT2D eigenvalue weighted by atomic mass is 19.4. The Morgan fingerprint density at radius 2 is 1.32 bits per heavy atom. The van der Waals surface area contributed by atoms with Gasteiger partial charge in [-0.15, -0.1) is 13.2 Å². The summed E-state index contributed by atoms with van der Waals surface area (Å²) in [7, 11) is 0. The SMILES string of the molecule is C/C=C/CCc1ccc(CCc2ccc3c(F)c(CCc4ccc(OC(F)(F)F)cc4)ccc3c2)c(F)c1. The van der Waals surface area contributed by atoms with Crippen LogP contribution in [0.5, 0.6) is 5.75 Å². The minimum atomic E-state index is -4.73. The quantitative estimate of drug-likeness (QED) is 0.149. The van der Waals surface area contributed by atoms with E-state index >= 15 is 4.39 Å². The van der Waals surface area contributed by atoms with Crippen molar-refractivity contribution in [2.45, 2.75) is 51.8 Å². The summed E-state index contributed by atoms with van der Waals surface area (Å²) in [6, 6.07) is 20.2. The first-order valence-corrected chi connectivity index (χ1v) is 12.6. The predicted octanol–water partition coefficient (Wildman–Crippen LogP) is 9.10. The van der Waals surface area contributed by atoms with Gasteiger partial charge in [0.25, 0.3) is 0 Å². The third kappa shape index (κ3) is 7.44. The smallest absolute Gasteiger partial charge is 0.406 e. The Balaban J connectivity index is 1.38. The average molecular weight is 525 g/mol. The molecule has 0 saturated carbocycles. The minimum absolute atomic E-state index is 0.193. The second-order valence-electron chi connectivity index (χ2n) is 9.32. The third-order valence-electron chi connectivity index (χ3n) is 6.57. The number of fused-ring (bicyclic) bond motifs is 1. The van der Waals surface area contributed by atoms with Crippen molar-refractivity contribution < 1.29 is 26.7 Å². The molecule has 0 aliphatic rings. The highest BCUT2D eigenvalue weighted by Crippen LogP contribution is 2.26. The topological polar surface area (TPSA) is 9.23 Å². The molecule has 0 unspecified atom stereocenters. The van der Waals surface area contributed by atoms with Gasteiger partial charge in [-0.05, 0) is 96.9 Å². The lowest BCUT2D eigenvalue weighted by Crippen LogP contribution is -2.17. The molecule has 0 fully saturated rings. The van der Waals surface area contributed by atoms with Crippen molar-refractivity contribution in [2.24, 2.45) is 0 Å². The Morgan fingerprint density at radius 3 is 2.03 bits per heavy atom. The fourth-order valence-electron chi connectivity index (χ4n) is 4.52. The van der Waals surface area contributed by atoms with Gasteiger partial charge in [0.1, 0.15) is 17.4 Å². The Bertz CT molecular complexity index is 1400. The number of benzene rings is 4. The number of aryl methyl sites for hydroxylation is 5. The van der Waals surface area contributed by atoms with Crippen molar-refractivity contribution in [3.8, 4) is 5.75 Å². The van der Waals surface area contributed by atoms with E-state index in [0.717, 1.165) is 34.9 Å². The fourth-order valence-corrected chi connectivity index (χ4v) is 4.52. The largest absolute Gasteiger partial charge is 0.573 e. The molecule has 0 atom stereocenters. The molecule has 4 aromatic rings. The molecule has 0 N–H and O–H groups in total. The van der Waals surface area contributed by atoms with Gasteiger partial charge in [-0.25, -0.2) is 8.78 Å². The Kier molecular flexibility index (Phi) is 8.82. The van der Waals surface area contributed by atoms with E-state index in [0.29, 0.717) is 42.2 Å². The lowest BCUT2D eigenvalue weighted by Gasteiger charge is -2.11. The first kappa shape index (κ1) is 27.4. The number of hydrogen-bond acceptors (Lipinski definition) is 1. The molecule has 1 nitrogen and oxygen atoms in total. The second-order valence-corrected chi connectivity index (χ2v) is 9.32. The monoisotopic (exact) mass is 524 g/mol. The lowest BCUT2D eigenvalue weighted by atomic mass is 9.97. The highest BCUT2D eigenvalue weighted by Gasteiger charge is 2.30. The van der Waals surface area contributed by atoms with Crippen LogP contribution in [0.4, 0.5) is 22.0 Å².